The number of aliphatic hydroxyl groups excluding tert-OH is 1. The van der Waals surface area contributed by atoms with Gasteiger partial charge in [0.15, 0.2) is 0 Å². The van der Waals surface area contributed by atoms with Crippen molar-refractivity contribution in [3.8, 4) is 5.75 Å². The van der Waals surface area contributed by atoms with Gasteiger partial charge in [-0.1, -0.05) is 24.1 Å². The van der Waals surface area contributed by atoms with Gasteiger partial charge < -0.3 is 9.84 Å². The SMILES string of the molecule is Cc1ccc(OCC(O)CN2CCCCC2C)cc1. The van der Waals surface area contributed by atoms with E-state index in [9.17, 15) is 5.11 Å². The summed E-state index contributed by atoms with van der Waals surface area (Å²) in [7, 11) is 0. The predicted octanol–water partition coefficient (Wildman–Crippen LogP) is 2.61. The van der Waals surface area contributed by atoms with E-state index >= 15 is 0 Å². The van der Waals surface area contributed by atoms with Crippen molar-refractivity contribution in [2.24, 2.45) is 0 Å². The zero-order valence-electron chi connectivity index (χ0n) is 12.0. The maximum Gasteiger partial charge on any atom is 0.119 e. The van der Waals surface area contributed by atoms with E-state index in [2.05, 4.69) is 18.7 Å². The Bertz CT molecular complexity index is 377. The van der Waals surface area contributed by atoms with Crippen LogP contribution in [0.5, 0.6) is 5.75 Å². The molecule has 2 rings (SSSR count). The van der Waals surface area contributed by atoms with Gasteiger partial charge in [0, 0.05) is 12.6 Å². The molecule has 106 valence electrons. The third-order valence-electron chi connectivity index (χ3n) is 3.85. The highest BCUT2D eigenvalue weighted by atomic mass is 16.5. The first-order valence-electron chi connectivity index (χ1n) is 7.27. The Morgan fingerprint density at radius 1 is 1.32 bits per heavy atom. The standard InChI is InChI=1S/C16H25NO2/c1-13-6-8-16(9-7-13)19-12-15(18)11-17-10-4-3-5-14(17)2/h6-9,14-15,18H,3-5,10-12H2,1-2H3. The van der Waals surface area contributed by atoms with Crippen LogP contribution in [0.4, 0.5) is 0 Å². The van der Waals surface area contributed by atoms with Crippen molar-refractivity contribution < 1.29 is 9.84 Å². The molecule has 0 radical (unpaired) electrons. The van der Waals surface area contributed by atoms with Gasteiger partial charge in [0.25, 0.3) is 0 Å². The van der Waals surface area contributed by atoms with Crippen LogP contribution < -0.4 is 4.74 Å². The first kappa shape index (κ1) is 14.4. The number of hydrogen-bond donors (Lipinski definition) is 1. The molecular formula is C16H25NO2. The van der Waals surface area contributed by atoms with Crippen LogP contribution in [0.3, 0.4) is 0 Å². The average molecular weight is 263 g/mol. The Hall–Kier alpha value is -1.06. The van der Waals surface area contributed by atoms with E-state index in [0.29, 0.717) is 19.2 Å². The molecule has 1 aliphatic rings. The molecule has 1 aromatic rings. The minimum Gasteiger partial charge on any atom is -0.491 e. The van der Waals surface area contributed by atoms with E-state index in [1.54, 1.807) is 0 Å². The Morgan fingerprint density at radius 3 is 2.74 bits per heavy atom. The molecule has 2 atom stereocenters. The lowest BCUT2D eigenvalue weighted by Gasteiger charge is -2.34. The van der Waals surface area contributed by atoms with Crippen LogP contribution in [0.2, 0.25) is 0 Å². The summed E-state index contributed by atoms with van der Waals surface area (Å²) in [5.74, 6) is 0.830. The van der Waals surface area contributed by atoms with E-state index in [1.165, 1.54) is 24.8 Å². The van der Waals surface area contributed by atoms with Gasteiger partial charge in [-0.3, -0.25) is 4.90 Å². The Kier molecular flexibility index (Phi) is 5.23. The summed E-state index contributed by atoms with van der Waals surface area (Å²) < 4.78 is 5.62. The Balaban J connectivity index is 1.74. The van der Waals surface area contributed by atoms with Crippen LogP contribution in [0.15, 0.2) is 24.3 Å². The highest BCUT2D eigenvalue weighted by molar-refractivity contribution is 5.26. The van der Waals surface area contributed by atoms with Crippen molar-refractivity contribution in [3.05, 3.63) is 29.8 Å². The van der Waals surface area contributed by atoms with Crippen molar-refractivity contribution in [1.29, 1.82) is 0 Å². The van der Waals surface area contributed by atoms with Crippen LogP contribution in [0, 0.1) is 6.92 Å². The number of β-amino-alcohol motifs (C(OH)–C–C–N with tert-alkyl or cyclic N) is 1. The summed E-state index contributed by atoms with van der Waals surface area (Å²) in [5, 5.41) is 10.1. The molecule has 1 saturated heterocycles. The fourth-order valence-electron chi connectivity index (χ4n) is 2.58. The summed E-state index contributed by atoms with van der Waals surface area (Å²) in [5.41, 5.74) is 1.22. The lowest BCUT2D eigenvalue weighted by atomic mass is 10.0. The number of likely N-dealkylation sites (tertiary alicyclic amines) is 1. The Labute approximate surface area is 116 Å². The molecule has 0 bridgehead atoms. The lowest BCUT2D eigenvalue weighted by molar-refractivity contribution is 0.0438. The highest BCUT2D eigenvalue weighted by Crippen LogP contribution is 2.17. The fraction of sp³-hybridized carbons (Fsp3) is 0.625. The minimum atomic E-state index is -0.415. The molecule has 1 fully saturated rings. The second kappa shape index (κ2) is 6.92. The van der Waals surface area contributed by atoms with Crippen molar-refractivity contribution in [1.82, 2.24) is 4.90 Å². The summed E-state index contributed by atoms with van der Waals surface area (Å²) in [6.45, 7) is 6.48. The number of piperidine rings is 1. The molecule has 0 spiro atoms. The monoisotopic (exact) mass is 263 g/mol. The van der Waals surface area contributed by atoms with E-state index in [0.717, 1.165) is 12.3 Å². The van der Waals surface area contributed by atoms with E-state index < -0.39 is 6.10 Å². The summed E-state index contributed by atoms with van der Waals surface area (Å²) in [4.78, 5) is 2.37. The van der Waals surface area contributed by atoms with Crippen LogP contribution in [-0.2, 0) is 0 Å². The molecule has 1 aliphatic heterocycles. The molecule has 0 aliphatic carbocycles. The average Bonchev–Trinajstić information content (AvgIpc) is 2.41. The van der Waals surface area contributed by atoms with Crippen LogP contribution in [-0.4, -0.2) is 41.8 Å². The van der Waals surface area contributed by atoms with Crippen molar-refractivity contribution >= 4 is 0 Å². The molecule has 0 aromatic heterocycles. The van der Waals surface area contributed by atoms with Crippen LogP contribution >= 0.6 is 0 Å². The second-order valence-electron chi connectivity index (χ2n) is 5.62. The van der Waals surface area contributed by atoms with Crippen molar-refractivity contribution in [2.75, 3.05) is 19.7 Å². The zero-order valence-corrected chi connectivity index (χ0v) is 12.0. The molecule has 3 nitrogen and oxygen atoms in total. The number of rotatable bonds is 5. The number of ether oxygens (including phenoxy) is 1. The van der Waals surface area contributed by atoms with Gasteiger partial charge in [-0.05, 0) is 45.4 Å². The van der Waals surface area contributed by atoms with Crippen molar-refractivity contribution in [2.45, 2.75) is 45.3 Å². The summed E-state index contributed by atoms with van der Waals surface area (Å²) in [6.07, 6.45) is 3.39. The number of aliphatic hydroxyl groups is 1. The molecule has 1 heterocycles. The molecule has 3 heteroatoms. The second-order valence-corrected chi connectivity index (χ2v) is 5.62. The van der Waals surface area contributed by atoms with Crippen LogP contribution in [0.25, 0.3) is 0 Å². The quantitative estimate of drug-likeness (QED) is 0.886. The summed E-state index contributed by atoms with van der Waals surface area (Å²) >= 11 is 0. The van der Waals surface area contributed by atoms with Crippen LogP contribution in [0.1, 0.15) is 31.7 Å². The molecule has 0 saturated carbocycles. The molecule has 1 N–H and O–H groups in total. The topological polar surface area (TPSA) is 32.7 Å². The summed E-state index contributed by atoms with van der Waals surface area (Å²) in [6, 6.07) is 8.53. The van der Waals surface area contributed by atoms with Crippen molar-refractivity contribution in [3.63, 3.8) is 0 Å². The molecule has 0 amide bonds. The smallest absolute Gasteiger partial charge is 0.119 e. The van der Waals surface area contributed by atoms with Gasteiger partial charge in [0.1, 0.15) is 18.5 Å². The van der Waals surface area contributed by atoms with Gasteiger partial charge >= 0.3 is 0 Å². The Morgan fingerprint density at radius 2 is 2.05 bits per heavy atom. The third-order valence-corrected chi connectivity index (χ3v) is 3.85. The molecule has 1 aromatic carbocycles. The zero-order chi connectivity index (χ0) is 13.7. The van der Waals surface area contributed by atoms with E-state index in [1.807, 2.05) is 24.3 Å². The normalized spacial score (nSPS) is 22.2. The number of aryl methyl sites for hydroxylation is 1. The number of hydrogen-bond acceptors (Lipinski definition) is 3. The van der Waals surface area contributed by atoms with Gasteiger partial charge in [-0.25, -0.2) is 0 Å². The fourth-order valence-corrected chi connectivity index (χ4v) is 2.58. The van der Waals surface area contributed by atoms with Gasteiger partial charge in [0.2, 0.25) is 0 Å². The number of nitrogens with zero attached hydrogens (tertiary/aromatic N) is 1. The van der Waals surface area contributed by atoms with E-state index in [-0.39, 0.29) is 0 Å². The predicted molar refractivity (Wildman–Crippen MR) is 77.6 cm³/mol. The molecule has 2 unspecified atom stereocenters. The third kappa shape index (κ3) is 4.51. The van der Waals surface area contributed by atoms with Gasteiger partial charge in [0.05, 0.1) is 0 Å². The molecule has 19 heavy (non-hydrogen) atoms. The first-order valence-corrected chi connectivity index (χ1v) is 7.27. The van der Waals surface area contributed by atoms with Gasteiger partial charge in [-0.15, -0.1) is 0 Å². The molecular weight excluding hydrogens is 238 g/mol. The largest absolute Gasteiger partial charge is 0.491 e. The minimum absolute atomic E-state index is 0.367. The van der Waals surface area contributed by atoms with E-state index in [4.69, 9.17) is 4.74 Å². The van der Waals surface area contributed by atoms with Gasteiger partial charge in [-0.2, -0.15) is 0 Å². The lowest BCUT2D eigenvalue weighted by Crippen LogP contribution is -2.43. The highest BCUT2D eigenvalue weighted by Gasteiger charge is 2.20. The maximum atomic E-state index is 10.1. The number of benzene rings is 1. The first-order chi connectivity index (χ1) is 9.15. The maximum absolute atomic E-state index is 10.1.